The second-order valence-corrected chi connectivity index (χ2v) is 4.83. The van der Waals surface area contributed by atoms with Gasteiger partial charge < -0.3 is 10.5 Å². The Morgan fingerprint density at radius 3 is 2.26 bits per heavy atom. The summed E-state index contributed by atoms with van der Waals surface area (Å²) in [5, 5.41) is 0. The maximum atomic E-state index is 5.76. The SMILES string of the molecule is CCCOc1ccc(-c2ccc(N)cc2)c(C)c1C. The first-order valence-electron chi connectivity index (χ1n) is 6.72. The third-order valence-electron chi connectivity index (χ3n) is 3.42. The maximum Gasteiger partial charge on any atom is 0.122 e. The van der Waals surface area contributed by atoms with Gasteiger partial charge in [0.25, 0.3) is 0 Å². The van der Waals surface area contributed by atoms with Crippen molar-refractivity contribution in [2.45, 2.75) is 27.2 Å². The number of anilines is 1. The number of rotatable bonds is 4. The highest BCUT2D eigenvalue weighted by Crippen LogP contribution is 2.31. The van der Waals surface area contributed by atoms with Gasteiger partial charge in [-0.15, -0.1) is 0 Å². The molecule has 0 unspecified atom stereocenters. The second kappa shape index (κ2) is 5.79. The van der Waals surface area contributed by atoms with E-state index in [-0.39, 0.29) is 0 Å². The first-order valence-corrected chi connectivity index (χ1v) is 6.72. The molecule has 0 aliphatic rings. The summed E-state index contributed by atoms with van der Waals surface area (Å²) >= 11 is 0. The van der Waals surface area contributed by atoms with Gasteiger partial charge in [-0.05, 0) is 60.7 Å². The molecular formula is C17H21NO. The summed E-state index contributed by atoms with van der Waals surface area (Å²) in [5.74, 6) is 0.985. The molecule has 0 aromatic heterocycles. The highest BCUT2D eigenvalue weighted by Gasteiger charge is 2.08. The van der Waals surface area contributed by atoms with Crippen LogP contribution >= 0.6 is 0 Å². The average molecular weight is 255 g/mol. The van der Waals surface area contributed by atoms with Gasteiger partial charge in [0, 0.05) is 5.69 Å². The molecule has 100 valence electrons. The molecule has 0 atom stereocenters. The van der Waals surface area contributed by atoms with Crippen LogP contribution in [-0.4, -0.2) is 6.61 Å². The van der Waals surface area contributed by atoms with E-state index in [9.17, 15) is 0 Å². The maximum absolute atomic E-state index is 5.76. The summed E-state index contributed by atoms with van der Waals surface area (Å²) < 4.78 is 5.76. The molecule has 2 aromatic rings. The van der Waals surface area contributed by atoms with Gasteiger partial charge in [-0.3, -0.25) is 0 Å². The van der Waals surface area contributed by atoms with Crippen LogP contribution < -0.4 is 10.5 Å². The molecule has 19 heavy (non-hydrogen) atoms. The molecule has 2 nitrogen and oxygen atoms in total. The van der Waals surface area contributed by atoms with Crippen LogP contribution in [0.1, 0.15) is 24.5 Å². The van der Waals surface area contributed by atoms with Crippen molar-refractivity contribution in [2.24, 2.45) is 0 Å². The van der Waals surface area contributed by atoms with Crippen LogP contribution in [0.25, 0.3) is 11.1 Å². The molecule has 2 N–H and O–H groups in total. The fourth-order valence-corrected chi connectivity index (χ4v) is 2.14. The molecule has 2 heteroatoms. The highest BCUT2D eigenvalue weighted by atomic mass is 16.5. The van der Waals surface area contributed by atoms with E-state index in [1.54, 1.807) is 0 Å². The van der Waals surface area contributed by atoms with Crippen molar-refractivity contribution in [3.8, 4) is 16.9 Å². The Balaban J connectivity index is 2.38. The fraction of sp³-hybridized carbons (Fsp3) is 0.294. The number of nitrogens with two attached hydrogens (primary N) is 1. The molecule has 0 heterocycles. The van der Waals surface area contributed by atoms with Crippen LogP contribution in [0.15, 0.2) is 36.4 Å². The molecule has 0 spiro atoms. The lowest BCUT2D eigenvalue weighted by Gasteiger charge is -2.14. The van der Waals surface area contributed by atoms with E-state index in [1.165, 1.54) is 22.3 Å². The molecule has 0 bridgehead atoms. The van der Waals surface area contributed by atoms with Crippen molar-refractivity contribution in [1.82, 2.24) is 0 Å². The summed E-state index contributed by atoms with van der Waals surface area (Å²) in [7, 11) is 0. The Kier molecular flexibility index (Phi) is 4.10. The normalized spacial score (nSPS) is 10.5. The topological polar surface area (TPSA) is 35.2 Å². The lowest BCUT2D eigenvalue weighted by Crippen LogP contribution is -1.99. The van der Waals surface area contributed by atoms with Crippen LogP contribution in [0.4, 0.5) is 5.69 Å². The van der Waals surface area contributed by atoms with E-state index in [1.807, 2.05) is 12.1 Å². The Labute approximate surface area is 115 Å². The molecule has 0 aliphatic carbocycles. The van der Waals surface area contributed by atoms with E-state index in [2.05, 4.69) is 45.0 Å². The standard InChI is InChI=1S/C17H21NO/c1-4-11-19-17-10-9-16(12(2)13(17)3)14-5-7-15(18)8-6-14/h5-10H,4,11,18H2,1-3H3. The van der Waals surface area contributed by atoms with Gasteiger partial charge in [0.2, 0.25) is 0 Å². The molecule has 0 saturated heterocycles. The molecule has 0 saturated carbocycles. The number of ether oxygens (including phenoxy) is 1. The van der Waals surface area contributed by atoms with Crippen molar-refractivity contribution >= 4 is 5.69 Å². The van der Waals surface area contributed by atoms with Gasteiger partial charge in [0.15, 0.2) is 0 Å². The minimum Gasteiger partial charge on any atom is -0.493 e. The van der Waals surface area contributed by atoms with Gasteiger partial charge in [0.05, 0.1) is 6.61 Å². The van der Waals surface area contributed by atoms with E-state index in [4.69, 9.17) is 10.5 Å². The largest absolute Gasteiger partial charge is 0.493 e. The van der Waals surface area contributed by atoms with Crippen LogP contribution in [-0.2, 0) is 0 Å². The number of hydrogen-bond donors (Lipinski definition) is 1. The van der Waals surface area contributed by atoms with E-state index < -0.39 is 0 Å². The highest BCUT2D eigenvalue weighted by molar-refractivity contribution is 5.71. The summed E-state index contributed by atoms with van der Waals surface area (Å²) in [6, 6.07) is 12.2. The zero-order chi connectivity index (χ0) is 13.8. The molecule has 2 aromatic carbocycles. The van der Waals surface area contributed by atoms with Crippen molar-refractivity contribution in [1.29, 1.82) is 0 Å². The quantitative estimate of drug-likeness (QED) is 0.825. The van der Waals surface area contributed by atoms with Crippen LogP contribution in [0.3, 0.4) is 0 Å². The minimum atomic E-state index is 0.765. The van der Waals surface area contributed by atoms with E-state index >= 15 is 0 Å². The van der Waals surface area contributed by atoms with E-state index in [0.717, 1.165) is 24.5 Å². The number of benzene rings is 2. The van der Waals surface area contributed by atoms with Crippen molar-refractivity contribution in [3.05, 3.63) is 47.5 Å². The number of hydrogen-bond acceptors (Lipinski definition) is 2. The monoisotopic (exact) mass is 255 g/mol. The summed E-state index contributed by atoms with van der Waals surface area (Å²) in [4.78, 5) is 0. The summed E-state index contributed by atoms with van der Waals surface area (Å²) in [5.41, 5.74) is 11.4. The predicted molar refractivity (Wildman–Crippen MR) is 81.6 cm³/mol. The van der Waals surface area contributed by atoms with Gasteiger partial charge >= 0.3 is 0 Å². The molecule has 2 rings (SSSR count). The van der Waals surface area contributed by atoms with Crippen LogP contribution in [0.2, 0.25) is 0 Å². The average Bonchev–Trinajstić information content (AvgIpc) is 2.42. The van der Waals surface area contributed by atoms with Gasteiger partial charge in [-0.1, -0.05) is 25.1 Å². The van der Waals surface area contributed by atoms with Gasteiger partial charge in [-0.25, -0.2) is 0 Å². The number of nitrogen functional groups attached to an aromatic ring is 1. The Morgan fingerprint density at radius 1 is 0.947 bits per heavy atom. The molecule has 0 radical (unpaired) electrons. The molecule has 0 fully saturated rings. The second-order valence-electron chi connectivity index (χ2n) is 4.83. The molecule has 0 amide bonds. The Morgan fingerprint density at radius 2 is 1.63 bits per heavy atom. The first kappa shape index (κ1) is 13.5. The van der Waals surface area contributed by atoms with Gasteiger partial charge in [-0.2, -0.15) is 0 Å². The molecular weight excluding hydrogens is 234 g/mol. The lowest BCUT2D eigenvalue weighted by molar-refractivity contribution is 0.315. The summed E-state index contributed by atoms with van der Waals surface area (Å²) in [6.07, 6.45) is 1.03. The van der Waals surface area contributed by atoms with Crippen molar-refractivity contribution in [3.63, 3.8) is 0 Å². The first-order chi connectivity index (χ1) is 9.13. The smallest absolute Gasteiger partial charge is 0.122 e. The zero-order valence-electron chi connectivity index (χ0n) is 11.9. The predicted octanol–water partition coefficient (Wildman–Crippen LogP) is 4.34. The van der Waals surface area contributed by atoms with Crippen molar-refractivity contribution < 1.29 is 4.74 Å². The Hall–Kier alpha value is -1.96. The van der Waals surface area contributed by atoms with Crippen molar-refractivity contribution in [2.75, 3.05) is 12.3 Å². The third kappa shape index (κ3) is 2.90. The van der Waals surface area contributed by atoms with E-state index in [0.29, 0.717) is 0 Å². The summed E-state index contributed by atoms with van der Waals surface area (Å²) in [6.45, 7) is 7.13. The third-order valence-corrected chi connectivity index (χ3v) is 3.42. The molecule has 0 aliphatic heterocycles. The van der Waals surface area contributed by atoms with Gasteiger partial charge in [0.1, 0.15) is 5.75 Å². The lowest BCUT2D eigenvalue weighted by atomic mass is 9.96. The Bertz CT molecular complexity index is 558. The fourth-order valence-electron chi connectivity index (χ4n) is 2.14. The van der Waals surface area contributed by atoms with Crippen LogP contribution in [0, 0.1) is 13.8 Å². The zero-order valence-corrected chi connectivity index (χ0v) is 11.9. The minimum absolute atomic E-state index is 0.765. The van der Waals surface area contributed by atoms with Crippen LogP contribution in [0.5, 0.6) is 5.75 Å².